The minimum absolute atomic E-state index is 0.335. The van der Waals surface area contributed by atoms with E-state index in [0.717, 1.165) is 0 Å². The minimum Gasteiger partial charge on any atom is -0.355 e. The van der Waals surface area contributed by atoms with Crippen molar-refractivity contribution in [3.8, 4) is 0 Å². The maximum absolute atomic E-state index is 12.2. The number of nitrogens with two attached hydrogens (primary N) is 1. The summed E-state index contributed by atoms with van der Waals surface area (Å²) in [7, 11) is 0. The molecule has 5 atom stereocenters. The summed E-state index contributed by atoms with van der Waals surface area (Å²) >= 11 is 0. The van der Waals surface area contributed by atoms with E-state index in [1.165, 1.54) is 34.6 Å². The lowest BCUT2D eigenvalue weighted by molar-refractivity contribution is -0.133. The van der Waals surface area contributed by atoms with E-state index in [4.69, 9.17) is 5.73 Å². The van der Waals surface area contributed by atoms with E-state index in [0.29, 0.717) is 6.54 Å². The lowest BCUT2D eigenvalue weighted by atomic mass is 10.2. The fraction of sp³-hybridized carbons (Fsp3) is 0.706. The van der Waals surface area contributed by atoms with Gasteiger partial charge in [-0.3, -0.25) is 24.0 Å². The smallest absolute Gasteiger partial charge is 0.242 e. The van der Waals surface area contributed by atoms with Crippen LogP contribution in [0.25, 0.3) is 0 Å². The molecule has 0 spiro atoms. The number of nitrogens with one attached hydrogen (secondary N) is 5. The van der Waals surface area contributed by atoms with Crippen LogP contribution in [0, 0.1) is 0 Å². The molecule has 0 bridgehead atoms. The summed E-state index contributed by atoms with van der Waals surface area (Å²) in [5.74, 6) is -2.53. The Balaban J connectivity index is 4.55. The monoisotopic (exact) mass is 400 g/mol. The van der Waals surface area contributed by atoms with Gasteiger partial charge in [0.05, 0.1) is 6.04 Å². The minimum atomic E-state index is -0.946. The van der Waals surface area contributed by atoms with E-state index in [2.05, 4.69) is 26.6 Å². The number of likely N-dealkylation sites (N-methyl/N-ethyl adjacent to an activating group) is 1. The maximum atomic E-state index is 12.2. The first-order valence-corrected chi connectivity index (χ1v) is 9.15. The Morgan fingerprint density at radius 1 is 0.607 bits per heavy atom. The van der Waals surface area contributed by atoms with Crippen molar-refractivity contribution in [3.63, 3.8) is 0 Å². The van der Waals surface area contributed by atoms with Gasteiger partial charge in [0.2, 0.25) is 29.5 Å². The molecule has 28 heavy (non-hydrogen) atoms. The molecule has 0 aliphatic carbocycles. The van der Waals surface area contributed by atoms with Crippen LogP contribution < -0.4 is 32.3 Å². The summed E-state index contributed by atoms with van der Waals surface area (Å²) in [6.07, 6.45) is 0. The Bertz CT molecular complexity index is 595. The van der Waals surface area contributed by atoms with Crippen LogP contribution in [-0.2, 0) is 24.0 Å². The van der Waals surface area contributed by atoms with Gasteiger partial charge in [-0.15, -0.1) is 0 Å². The van der Waals surface area contributed by atoms with Crippen molar-refractivity contribution in [1.29, 1.82) is 0 Å². The van der Waals surface area contributed by atoms with Crippen LogP contribution in [-0.4, -0.2) is 66.3 Å². The number of carbonyl (C=O) groups excluding carboxylic acids is 5. The van der Waals surface area contributed by atoms with Crippen molar-refractivity contribution in [1.82, 2.24) is 26.6 Å². The van der Waals surface area contributed by atoms with Crippen LogP contribution in [0.2, 0.25) is 0 Å². The average molecular weight is 400 g/mol. The maximum Gasteiger partial charge on any atom is 0.242 e. The Kier molecular flexibility index (Phi) is 10.8. The molecule has 0 aromatic heterocycles. The zero-order valence-electron chi connectivity index (χ0n) is 17.2. The first-order chi connectivity index (χ1) is 12.9. The largest absolute Gasteiger partial charge is 0.355 e. The van der Waals surface area contributed by atoms with Gasteiger partial charge in [-0.25, -0.2) is 0 Å². The summed E-state index contributed by atoms with van der Waals surface area (Å²) in [6, 6.07) is -4.26. The van der Waals surface area contributed by atoms with Crippen molar-refractivity contribution < 1.29 is 24.0 Å². The normalized spacial score (nSPS) is 15.8. The molecule has 160 valence electrons. The molecular formula is C17H32N6O5. The van der Waals surface area contributed by atoms with Gasteiger partial charge in [0, 0.05) is 6.54 Å². The van der Waals surface area contributed by atoms with Crippen LogP contribution >= 0.6 is 0 Å². The third-order valence-electron chi connectivity index (χ3n) is 3.77. The molecule has 5 amide bonds. The van der Waals surface area contributed by atoms with E-state index in [9.17, 15) is 24.0 Å². The van der Waals surface area contributed by atoms with Gasteiger partial charge >= 0.3 is 0 Å². The summed E-state index contributed by atoms with van der Waals surface area (Å²) < 4.78 is 0. The van der Waals surface area contributed by atoms with Crippen molar-refractivity contribution >= 4 is 29.5 Å². The molecule has 7 N–H and O–H groups in total. The molecule has 11 nitrogen and oxygen atoms in total. The zero-order chi connectivity index (χ0) is 22.0. The summed E-state index contributed by atoms with van der Waals surface area (Å²) in [6.45, 7) is 9.55. The molecule has 11 heteroatoms. The van der Waals surface area contributed by atoms with Gasteiger partial charge < -0.3 is 32.3 Å². The van der Waals surface area contributed by atoms with Crippen molar-refractivity contribution in [2.45, 2.75) is 71.8 Å². The highest BCUT2D eigenvalue weighted by Gasteiger charge is 2.25. The van der Waals surface area contributed by atoms with E-state index in [-0.39, 0.29) is 5.91 Å². The molecule has 0 radical (unpaired) electrons. The number of rotatable bonds is 10. The van der Waals surface area contributed by atoms with E-state index < -0.39 is 53.8 Å². The average Bonchev–Trinajstić information content (AvgIpc) is 2.60. The first-order valence-electron chi connectivity index (χ1n) is 9.15. The molecule has 0 saturated carbocycles. The first kappa shape index (κ1) is 25.3. The molecule has 5 unspecified atom stereocenters. The fourth-order valence-electron chi connectivity index (χ4n) is 1.95. The van der Waals surface area contributed by atoms with Gasteiger partial charge in [-0.2, -0.15) is 0 Å². The fourth-order valence-corrected chi connectivity index (χ4v) is 1.95. The highest BCUT2D eigenvalue weighted by Crippen LogP contribution is 1.92. The highest BCUT2D eigenvalue weighted by molar-refractivity contribution is 5.95. The molecule has 0 aromatic carbocycles. The molecular weight excluding hydrogens is 368 g/mol. The SMILES string of the molecule is CCNC(=O)C(C)NC(=O)C(C)NC(=O)C(C)NC(=O)C(C)NC(=O)C(C)N. The quantitative estimate of drug-likeness (QED) is 0.236. The summed E-state index contributed by atoms with van der Waals surface area (Å²) in [5.41, 5.74) is 5.42. The van der Waals surface area contributed by atoms with Gasteiger partial charge in [-0.05, 0) is 41.5 Å². The van der Waals surface area contributed by atoms with Gasteiger partial charge in [0.1, 0.15) is 24.2 Å². The van der Waals surface area contributed by atoms with Crippen molar-refractivity contribution in [2.24, 2.45) is 5.73 Å². The lowest BCUT2D eigenvalue weighted by Gasteiger charge is -2.21. The Hall–Kier alpha value is -2.69. The molecule has 0 saturated heterocycles. The molecule has 0 fully saturated rings. The molecule has 0 heterocycles. The van der Waals surface area contributed by atoms with Crippen LogP contribution in [0.3, 0.4) is 0 Å². The van der Waals surface area contributed by atoms with E-state index in [1.54, 1.807) is 6.92 Å². The third kappa shape index (κ3) is 8.80. The van der Waals surface area contributed by atoms with Crippen LogP contribution in [0.1, 0.15) is 41.5 Å². The molecule has 0 aliphatic heterocycles. The van der Waals surface area contributed by atoms with E-state index in [1.807, 2.05) is 0 Å². The van der Waals surface area contributed by atoms with Gasteiger partial charge in [0.25, 0.3) is 0 Å². The summed E-state index contributed by atoms with van der Waals surface area (Å²) in [4.78, 5) is 59.4. The number of hydrogen-bond donors (Lipinski definition) is 6. The lowest BCUT2D eigenvalue weighted by Crippen LogP contribution is -2.56. The highest BCUT2D eigenvalue weighted by atomic mass is 16.2. The topological polar surface area (TPSA) is 172 Å². The second-order valence-electron chi connectivity index (χ2n) is 6.60. The molecule has 0 aromatic rings. The van der Waals surface area contributed by atoms with Crippen molar-refractivity contribution in [2.75, 3.05) is 6.54 Å². The standard InChI is InChI=1S/C17H32N6O5/c1-7-19-14(25)9(3)21-16(27)11(5)23-17(28)12(6)22-15(26)10(4)20-13(24)8(2)18/h8-12H,7,18H2,1-6H3,(H,19,25)(H,20,24)(H,21,27)(H,22,26)(H,23,28). The van der Waals surface area contributed by atoms with Crippen LogP contribution in [0.15, 0.2) is 0 Å². The van der Waals surface area contributed by atoms with Crippen LogP contribution in [0.5, 0.6) is 0 Å². The number of amides is 5. The van der Waals surface area contributed by atoms with Crippen molar-refractivity contribution in [3.05, 3.63) is 0 Å². The zero-order valence-corrected chi connectivity index (χ0v) is 17.2. The second kappa shape index (κ2) is 11.9. The van der Waals surface area contributed by atoms with Gasteiger partial charge in [-0.1, -0.05) is 0 Å². The summed E-state index contributed by atoms with van der Waals surface area (Å²) in [5, 5.41) is 12.4. The third-order valence-corrected chi connectivity index (χ3v) is 3.77. The molecule has 0 rings (SSSR count). The molecule has 0 aliphatic rings. The van der Waals surface area contributed by atoms with Crippen LogP contribution in [0.4, 0.5) is 0 Å². The van der Waals surface area contributed by atoms with Gasteiger partial charge in [0.15, 0.2) is 0 Å². The Morgan fingerprint density at radius 2 is 0.893 bits per heavy atom. The Labute approximate surface area is 164 Å². The predicted molar refractivity (Wildman–Crippen MR) is 103 cm³/mol. The number of carbonyl (C=O) groups is 5. The predicted octanol–water partition coefficient (Wildman–Crippen LogP) is -2.51. The van der Waals surface area contributed by atoms with E-state index >= 15 is 0 Å². The number of hydrogen-bond acceptors (Lipinski definition) is 6. The Morgan fingerprint density at radius 3 is 1.18 bits per heavy atom. The second-order valence-corrected chi connectivity index (χ2v) is 6.60.